The van der Waals surface area contributed by atoms with Gasteiger partial charge in [0.05, 0.1) is 0 Å². The van der Waals surface area contributed by atoms with E-state index in [1.807, 2.05) is 0 Å². The van der Waals surface area contributed by atoms with Crippen molar-refractivity contribution in [2.24, 2.45) is 0 Å². The minimum absolute atomic E-state index is 0.130. The maximum atomic E-state index is 3.83. The molecule has 10 rings (SSSR count). The fourth-order valence-electron chi connectivity index (χ4n) is 8.80. The van der Waals surface area contributed by atoms with E-state index in [-0.39, 0.29) is 10.8 Å². The van der Waals surface area contributed by atoms with Crippen LogP contribution < -0.4 is 4.90 Å². The SMILES string of the molecule is CC1(C)c2cc(-c3ccc4c(c3)C3(CC3)c3cccc5c(Br)ccc-4c35)ccc2-c2ccc(N(c3ccccc3)c3ccccc3)cc21. The van der Waals surface area contributed by atoms with Gasteiger partial charge in [0.2, 0.25) is 0 Å². The Morgan fingerprint density at radius 2 is 1.04 bits per heavy atom. The summed E-state index contributed by atoms with van der Waals surface area (Å²) in [5.74, 6) is 0. The molecule has 0 saturated heterocycles. The molecule has 3 aliphatic carbocycles. The smallest absolute Gasteiger partial charge is 0.0465 e. The number of hydrogen-bond acceptors (Lipinski definition) is 1. The highest BCUT2D eigenvalue weighted by Gasteiger charge is 2.50. The van der Waals surface area contributed by atoms with E-state index in [0.29, 0.717) is 0 Å². The average Bonchev–Trinajstić information content (AvgIpc) is 3.90. The lowest BCUT2D eigenvalue weighted by molar-refractivity contribution is 0.660. The van der Waals surface area contributed by atoms with E-state index in [4.69, 9.17) is 0 Å². The normalized spacial score (nSPS) is 15.6. The zero-order chi connectivity index (χ0) is 32.2. The lowest BCUT2D eigenvalue weighted by Crippen LogP contribution is -2.17. The molecule has 0 unspecified atom stereocenters. The first-order valence-electron chi connectivity index (χ1n) is 17.0. The maximum Gasteiger partial charge on any atom is 0.0465 e. The van der Waals surface area contributed by atoms with Crippen LogP contribution in [0.1, 0.15) is 48.9 Å². The lowest BCUT2D eigenvalue weighted by atomic mass is 9.74. The molecule has 0 aromatic heterocycles. The molecule has 3 aliphatic rings. The number of anilines is 3. The second-order valence-corrected chi connectivity index (χ2v) is 15.1. The van der Waals surface area contributed by atoms with Crippen LogP contribution in [-0.2, 0) is 10.8 Å². The third kappa shape index (κ3) is 3.90. The number of para-hydroxylation sites is 2. The summed E-state index contributed by atoms with van der Waals surface area (Å²) in [7, 11) is 0. The van der Waals surface area contributed by atoms with Gasteiger partial charge in [-0.15, -0.1) is 0 Å². The molecule has 0 amide bonds. The van der Waals surface area contributed by atoms with E-state index < -0.39 is 0 Å². The molecule has 2 heteroatoms. The van der Waals surface area contributed by atoms with Crippen LogP contribution in [0.15, 0.2) is 150 Å². The van der Waals surface area contributed by atoms with Crippen molar-refractivity contribution in [2.45, 2.75) is 37.5 Å². The Kier molecular flexibility index (Phi) is 5.89. The monoisotopic (exact) mass is 679 g/mol. The van der Waals surface area contributed by atoms with Crippen LogP contribution in [0, 0.1) is 0 Å². The van der Waals surface area contributed by atoms with Gasteiger partial charge >= 0.3 is 0 Å². The molecule has 48 heavy (non-hydrogen) atoms. The Balaban J connectivity index is 1.07. The number of nitrogens with zero attached hydrogens (tertiary/aromatic N) is 1. The van der Waals surface area contributed by atoms with Crippen LogP contribution in [-0.4, -0.2) is 0 Å². The second kappa shape index (κ2) is 10.0. The molecule has 1 nitrogen and oxygen atoms in total. The minimum atomic E-state index is -0.135. The van der Waals surface area contributed by atoms with Crippen molar-refractivity contribution in [2.75, 3.05) is 4.90 Å². The molecular formula is C46H34BrN. The van der Waals surface area contributed by atoms with Crippen LogP contribution >= 0.6 is 15.9 Å². The van der Waals surface area contributed by atoms with Crippen molar-refractivity contribution in [3.63, 3.8) is 0 Å². The largest absolute Gasteiger partial charge is 0.310 e. The summed E-state index contributed by atoms with van der Waals surface area (Å²) < 4.78 is 1.18. The van der Waals surface area contributed by atoms with Crippen LogP contribution in [0.2, 0.25) is 0 Å². The topological polar surface area (TPSA) is 3.24 Å². The first-order valence-corrected chi connectivity index (χ1v) is 17.8. The predicted octanol–water partition coefficient (Wildman–Crippen LogP) is 13.1. The Bertz CT molecular complexity index is 2400. The number of fused-ring (bicyclic) bond motifs is 7. The molecule has 7 aromatic carbocycles. The van der Waals surface area contributed by atoms with Crippen molar-refractivity contribution in [1.82, 2.24) is 0 Å². The van der Waals surface area contributed by atoms with E-state index in [1.165, 1.54) is 89.4 Å². The van der Waals surface area contributed by atoms with Crippen molar-refractivity contribution < 1.29 is 0 Å². The lowest BCUT2D eigenvalue weighted by Gasteiger charge is -2.30. The van der Waals surface area contributed by atoms with E-state index >= 15 is 0 Å². The van der Waals surface area contributed by atoms with Gasteiger partial charge in [-0.25, -0.2) is 0 Å². The highest BCUT2D eigenvalue weighted by atomic mass is 79.9. The van der Waals surface area contributed by atoms with Gasteiger partial charge in [0, 0.05) is 32.4 Å². The van der Waals surface area contributed by atoms with Crippen LogP contribution in [0.5, 0.6) is 0 Å². The first-order chi connectivity index (χ1) is 23.4. The summed E-state index contributed by atoms with van der Waals surface area (Å²) in [4.78, 5) is 2.36. The van der Waals surface area contributed by atoms with Gasteiger partial charge in [-0.1, -0.05) is 121 Å². The van der Waals surface area contributed by atoms with Gasteiger partial charge in [0.15, 0.2) is 0 Å². The molecular weight excluding hydrogens is 646 g/mol. The number of benzene rings is 7. The van der Waals surface area contributed by atoms with Crippen molar-refractivity contribution >= 4 is 43.8 Å². The Labute approximate surface area is 290 Å². The predicted molar refractivity (Wildman–Crippen MR) is 205 cm³/mol. The molecule has 230 valence electrons. The Morgan fingerprint density at radius 1 is 0.479 bits per heavy atom. The average molecular weight is 681 g/mol. The van der Waals surface area contributed by atoms with Crippen LogP contribution in [0.4, 0.5) is 17.1 Å². The molecule has 0 bridgehead atoms. The second-order valence-electron chi connectivity index (χ2n) is 14.3. The van der Waals surface area contributed by atoms with Gasteiger partial charge in [-0.2, -0.15) is 0 Å². The van der Waals surface area contributed by atoms with Gasteiger partial charge in [0.1, 0.15) is 0 Å². The maximum absolute atomic E-state index is 3.83. The van der Waals surface area contributed by atoms with Crippen molar-refractivity contribution in [3.05, 3.63) is 172 Å². The fraction of sp³-hybridized carbons (Fsp3) is 0.130. The highest BCUT2D eigenvalue weighted by molar-refractivity contribution is 9.10. The third-order valence-corrected chi connectivity index (χ3v) is 12.0. The zero-order valence-corrected chi connectivity index (χ0v) is 28.7. The molecule has 7 aromatic rings. The Hall–Kier alpha value is -4.92. The fourth-order valence-corrected chi connectivity index (χ4v) is 9.27. The zero-order valence-electron chi connectivity index (χ0n) is 27.1. The quantitative estimate of drug-likeness (QED) is 0.179. The molecule has 0 radical (unpaired) electrons. The van der Waals surface area contributed by atoms with Gasteiger partial charge in [-0.05, 0) is 134 Å². The molecule has 0 aliphatic heterocycles. The summed E-state index contributed by atoms with van der Waals surface area (Å²) >= 11 is 3.83. The number of rotatable bonds is 4. The summed E-state index contributed by atoms with van der Waals surface area (Å²) in [5.41, 5.74) is 17.3. The van der Waals surface area contributed by atoms with Gasteiger partial charge < -0.3 is 4.90 Å². The van der Waals surface area contributed by atoms with Crippen LogP contribution in [0.25, 0.3) is 44.2 Å². The van der Waals surface area contributed by atoms with E-state index in [1.54, 1.807) is 0 Å². The summed E-state index contributed by atoms with van der Waals surface area (Å²) in [6.07, 6.45) is 2.43. The molecule has 0 atom stereocenters. The minimum Gasteiger partial charge on any atom is -0.310 e. The van der Waals surface area contributed by atoms with Crippen LogP contribution in [0.3, 0.4) is 0 Å². The molecule has 1 spiro atoms. The standard InChI is InChI=1S/C46H34BrN/c1-45(2)40-26-29(30-17-20-36-37-22-23-43(47)38-14-9-15-39(44(37)38)46(24-25-46)42(36)27-30)16-19-34(40)35-21-18-33(28-41(35)45)48(31-10-5-3-6-11-31)32-12-7-4-8-13-32/h3-23,26-28H,24-25H2,1-2H3. The van der Waals surface area contributed by atoms with Crippen molar-refractivity contribution in [3.8, 4) is 33.4 Å². The molecule has 0 heterocycles. The number of hydrogen-bond donors (Lipinski definition) is 0. The van der Waals surface area contributed by atoms with Gasteiger partial charge in [-0.3, -0.25) is 0 Å². The third-order valence-electron chi connectivity index (χ3n) is 11.4. The molecule has 1 fully saturated rings. The van der Waals surface area contributed by atoms with E-state index in [2.05, 4.69) is 180 Å². The molecule has 0 N–H and O–H groups in total. The highest BCUT2D eigenvalue weighted by Crippen LogP contribution is 2.62. The summed E-state index contributed by atoms with van der Waals surface area (Å²) in [5, 5.41) is 2.75. The summed E-state index contributed by atoms with van der Waals surface area (Å²) in [6.45, 7) is 4.78. The first kappa shape index (κ1) is 28.1. The van der Waals surface area contributed by atoms with Gasteiger partial charge in [0.25, 0.3) is 0 Å². The van der Waals surface area contributed by atoms with E-state index in [9.17, 15) is 0 Å². The van der Waals surface area contributed by atoms with E-state index in [0.717, 1.165) is 11.4 Å². The Morgan fingerprint density at radius 3 is 1.69 bits per heavy atom. The number of halogens is 1. The van der Waals surface area contributed by atoms with Crippen molar-refractivity contribution in [1.29, 1.82) is 0 Å². The summed E-state index contributed by atoms with van der Waals surface area (Å²) in [6, 6.07) is 54.3. The molecule has 1 saturated carbocycles.